The first-order valence-corrected chi connectivity index (χ1v) is 9.47. The third-order valence-corrected chi connectivity index (χ3v) is 5.45. The summed E-state index contributed by atoms with van der Waals surface area (Å²) in [5, 5.41) is 6.96. The summed E-state index contributed by atoms with van der Waals surface area (Å²) in [6, 6.07) is 7.32. The lowest BCUT2D eigenvalue weighted by molar-refractivity contribution is -0.125. The minimum atomic E-state index is -0.663. The van der Waals surface area contributed by atoms with Gasteiger partial charge in [-0.3, -0.25) is 4.79 Å². The van der Waals surface area contributed by atoms with E-state index >= 15 is 0 Å². The minimum Gasteiger partial charge on any atom is -0.382 e. The Labute approximate surface area is 159 Å². The molecule has 0 radical (unpaired) electrons. The number of hydrogen-bond acceptors (Lipinski definition) is 7. The van der Waals surface area contributed by atoms with Crippen LogP contribution in [0, 0.1) is 0 Å². The molecule has 1 N–H and O–H groups in total. The fourth-order valence-corrected chi connectivity index (χ4v) is 3.90. The molecule has 1 amide bonds. The van der Waals surface area contributed by atoms with Gasteiger partial charge in [0.15, 0.2) is 5.82 Å². The SMILES string of the molecule is O=C(Nc1cccnc1N1CCOCC1)[C@H]1CC(c2ccc(Cl)s2)=NO1. The Bertz CT molecular complexity index is 835. The van der Waals surface area contributed by atoms with Crippen LogP contribution in [0.5, 0.6) is 0 Å². The number of ether oxygens (including phenoxy) is 1. The van der Waals surface area contributed by atoms with Crippen LogP contribution < -0.4 is 10.2 Å². The fourth-order valence-electron chi connectivity index (χ4n) is 2.87. The van der Waals surface area contributed by atoms with Crippen LogP contribution in [0.2, 0.25) is 4.34 Å². The van der Waals surface area contributed by atoms with Crippen molar-refractivity contribution in [3.63, 3.8) is 0 Å². The topological polar surface area (TPSA) is 76.1 Å². The highest BCUT2D eigenvalue weighted by Gasteiger charge is 2.30. The number of carbonyl (C=O) groups excluding carboxylic acids is 1. The molecule has 136 valence electrons. The first-order valence-electron chi connectivity index (χ1n) is 8.27. The normalized spacial score (nSPS) is 19.8. The van der Waals surface area contributed by atoms with Crippen molar-refractivity contribution in [1.29, 1.82) is 0 Å². The second-order valence-corrected chi connectivity index (χ2v) is 7.62. The summed E-state index contributed by atoms with van der Waals surface area (Å²) in [6.07, 6.45) is 1.47. The predicted octanol–water partition coefficient (Wildman–Crippen LogP) is 2.76. The average Bonchev–Trinajstić information content (AvgIpc) is 3.32. The lowest BCUT2D eigenvalue weighted by atomic mass is 10.1. The van der Waals surface area contributed by atoms with Gasteiger partial charge in [0.25, 0.3) is 5.91 Å². The van der Waals surface area contributed by atoms with Gasteiger partial charge in [-0.25, -0.2) is 4.98 Å². The molecule has 0 spiro atoms. The van der Waals surface area contributed by atoms with Crippen LogP contribution in [0.15, 0.2) is 35.6 Å². The number of nitrogens with zero attached hydrogens (tertiary/aromatic N) is 3. The van der Waals surface area contributed by atoms with Gasteiger partial charge in [0, 0.05) is 25.7 Å². The number of rotatable bonds is 4. The van der Waals surface area contributed by atoms with Crippen molar-refractivity contribution in [2.45, 2.75) is 12.5 Å². The molecule has 0 aliphatic carbocycles. The van der Waals surface area contributed by atoms with Crippen LogP contribution in [0.4, 0.5) is 11.5 Å². The zero-order chi connectivity index (χ0) is 17.9. The molecular weight excluding hydrogens is 376 g/mol. The molecule has 26 heavy (non-hydrogen) atoms. The van der Waals surface area contributed by atoms with E-state index in [2.05, 4.69) is 20.4 Å². The molecule has 1 fully saturated rings. The average molecular weight is 393 g/mol. The minimum absolute atomic E-state index is 0.242. The summed E-state index contributed by atoms with van der Waals surface area (Å²) < 4.78 is 6.06. The number of nitrogens with one attached hydrogen (secondary N) is 1. The lowest BCUT2D eigenvalue weighted by Crippen LogP contribution is -2.37. The van der Waals surface area contributed by atoms with Gasteiger partial charge in [0.2, 0.25) is 6.10 Å². The largest absolute Gasteiger partial charge is 0.382 e. The zero-order valence-electron chi connectivity index (χ0n) is 13.9. The number of aromatic nitrogens is 1. The lowest BCUT2D eigenvalue weighted by Gasteiger charge is -2.29. The number of hydrogen-bond donors (Lipinski definition) is 1. The summed E-state index contributed by atoms with van der Waals surface area (Å²) in [6.45, 7) is 2.78. The van der Waals surface area contributed by atoms with E-state index in [1.165, 1.54) is 11.3 Å². The number of oxime groups is 1. The summed E-state index contributed by atoms with van der Waals surface area (Å²) in [4.78, 5) is 25.4. The molecule has 7 nitrogen and oxygen atoms in total. The van der Waals surface area contributed by atoms with Gasteiger partial charge >= 0.3 is 0 Å². The second-order valence-electron chi connectivity index (χ2n) is 5.90. The Morgan fingerprint density at radius 1 is 1.31 bits per heavy atom. The Morgan fingerprint density at radius 3 is 2.92 bits per heavy atom. The quantitative estimate of drug-likeness (QED) is 0.865. The first kappa shape index (κ1) is 17.3. The molecule has 9 heteroatoms. The van der Waals surface area contributed by atoms with Crippen LogP contribution in [0.3, 0.4) is 0 Å². The maximum atomic E-state index is 12.6. The molecular formula is C17H17ClN4O3S. The molecule has 0 saturated carbocycles. The van der Waals surface area contributed by atoms with Crippen molar-refractivity contribution in [3.8, 4) is 0 Å². The molecule has 0 aromatic carbocycles. The third kappa shape index (κ3) is 3.67. The second kappa shape index (κ2) is 7.61. The molecule has 2 aromatic rings. The zero-order valence-corrected chi connectivity index (χ0v) is 15.4. The van der Waals surface area contributed by atoms with Crippen LogP contribution in [0.25, 0.3) is 0 Å². The number of morpholine rings is 1. The van der Waals surface area contributed by atoms with E-state index in [-0.39, 0.29) is 5.91 Å². The van der Waals surface area contributed by atoms with E-state index in [0.29, 0.717) is 29.7 Å². The van der Waals surface area contributed by atoms with E-state index < -0.39 is 6.10 Å². The van der Waals surface area contributed by atoms with E-state index in [1.807, 2.05) is 18.2 Å². The summed E-state index contributed by atoms with van der Waals surface area (Å²) in [5.41, 5.74) is 1.40. The Morgan fingerprint density at radius 2 is 2.15 bits per heavy atom. The van der Waals surface area contributed by atoms with Crippen molar-refractivity contribution in [2.24, 2.45) is 5.16 Å². The number of carbonyl (C=O) groups is 1. The first-order chi connectivity index (χ1) is 12.7. The third-order valence-electron chi connectivity index (χ3n) is 4.17. The van der Waals surface area contributed by atoms with Crippen LogP contribution in [-0.2, 0) is 14.4 Å². The number of thiophene rings is 1. The molecule has 4 rings (SSSR count). The number of amides is 1. The predicted molar refractivity (Wildman–Crippen MR) is 101 cm³/mol. The van der Waals surface area contributed by atoms with E-state index in [0.717, 1.165) is 29.5 Å². The number of halogens is 1. The van der Waals surface area contributed by atoms with Gasteiger partial charge in [-0.2, -0.15) is 0 Å². The van der Waals surface area contributed by atoms with E-state index in [9.17, 15) is 4.79 Å². The van der Waals surface area contributed by atoms with Crippen LogP contribution in [0.1, 0.15) is 11.3 Å². The number of anilines is 2. The van der Waals surface area contributed by atoms with Gasteiger partial charge in [0.1, 0.15) is 5.71 Å². The van der Waals surface area contributed by atoms with E-state index in [4.69, 9.17) is 21.2 Å². The Balaban J connectivity index is 1.43. The standard InChI is InChI=1S/C17H17ClN4O3S/c18-15-4-3-14(26-15)12-10-13(25-21-12)17(23)20-11-2-1-5-19-16(11)22-6-8-24-9-7-22/h1-5,13H,6-10H2,(H,20,23)/t13-/m1/s1. The van der Waals surface area contributed by atoms with Crippen molar-refractivity contribution >= 4 is 46.1 Å². The maximum absolute atomic E-state index is 12.6. The summed E-state index contributed by atoms with van der Waals surface area (Å²) in [5.74, 6) is 0.502. The number of pyridine rings is 1. The monoisotopic (exact) mass is 392 g/mol. The van der Waals surface area contributed by atoms with Crippen molar-refractivity contribution in [1.82, 2.24) is 4.98 Å². The van der Waals surface area contributed by atoms with Gasteiger partial charge in [0.05, 0.1) is 28.1 Å². The van der Waals surface area contributed by atoms with Crippen molar-refractivity contribution < 1.29 is 14.4 Å². The van der Waals surface area contributed by atoms with Crippen molar-refractivity contribution in [2.75, 3.05) is 36.5 Å². The highest BCUT2D eigenvalue weighted by molar-refractivity contribution is 7.18. The summed E-state index contributed by atoms with van der Waals surface area (Å²) in [7, 11) is 0. The molecule has 2 aromatic heterocycles. The molecule has 2 aliphatic heterocycles. The van der Waals surface area contributed by atoms with Gasteiger partial charge in [-0.05, 0) is 24.3 Å². The Kier molecular flexibility index (Phi) is 5.05. The molecule has 0 unspecified atom stereocenters. The van der Waals surface area contributed by atoms with Gasteiger partial charge in [-0.15, -0.1) is 11.3 Å². The van der Waals surface area contributed by atoms with Crippen molar-refractivity contribution in [3.05, 3.63) is 39.7 Å². The summed E-state index contributed by atoms with van der Waals surface area (Å²) >= 11 is 7.38. The molecule has 0 bridgehead atoms. The van der Waals surface area contributed by atoms with Gasteiger partial charge < -0.3 is 19.8 Å². The smallest absolute Gasteiger partial charge is 0.268 e. The molecule has 4 heterocycles. The van der Waals surface area contributed by atoms with E-state index in [1.54, 1.807) is 12.3 Å². The van der Waals surface area contributed by atoms with Crippen LogP contribution >= 0.6 is 22.9 Å². The van der Waals surface area contributed by atoms with Crippen LogP contribution in [-0.4, -0.2) is 49.0 Å². The highest BCUT2D eigenvalue weighted by Crippen LogP contribution is 2.28. The fraction of sp³-hybridized carbons (Fsp3) is 0.353. The molecule has 1 saturated heterocycles. The maximum Gasteiger partial charge on any atom is 0.268 e. The molecule has 1 atom stereocenters. The highest BCUT2D eigenvalue weighted by atomic mass is 35.5. The molecule has 2 aliphatic rings. The Hall–Kier alpha value is -2.16. The van der Waals surface area contributed by atoms with Gasteiger partial charge in [-0.1, -0.05) is 16.8 Å².